The van der Waals surface area contributed by atoms with Crippen molar-refractivity contribution in [1.82, 2.24) is 5.43 Å². The van der Waals surface area contributed by atoms with Gasteiger partial charge in [-0.2, -0.15) is 12.6 Å². The predicted molar refractivity (Wildman–Crippen MR) is 85.7 cm³/mol. The summed E-state index contributed by atoms with van der Waals surface area (Å²) in [6, 6.07) is 7.17. The summed E-state index contributed by atoms with van der Waals surface area (Å²) in [6.07, 6.45) is -0.147. The Morgan fingerprint density at radius 2 is 1.95 bits per heavy atom. The summed E-state index contributed by atoms with van der Waals surface area (Å²) in [7, 11) is 1.66. The molecule has 0 aliphatic carbocycles. The molecule has 1 unspecified atom stereocenters. The maximum Gasteiger partial charge on any atom is 0.330 e. The number of benzene rings is 1. The number of hydrogen-bond acceptors (Lipinski definition) is 4. The molecule has 1 N–H and O–H groups in total. The SMILES string of the molecule is CC(O[B]c1ccc(N2NC(=O)CC2=O)cc1)C(C)(C)S. The van der Waals surface area contributed by atoms with Gasteiger partial charge < -0.3 is 4.65 Å². The summed E-state index contributed by atoms with van der Waals surface area (Å²) in [5.74, 6) is -0.540. The molecule has 1 heterocycles. The highest BCUT2D eigenvalue weighted by Crippen LogP contribution is 2.19. The van der Waals surface area contributed by atoms with Crippen LogP contribution in [-0.2, 0) is 14.2 Å². The van der Waals surface area contributed by atoms with E-state index in [1.807, 2.05) is 32.9 Å². The van der Waals surface area contributed by atoms with E-state index in [1.165, 1.54) is 5.01 Å². The number of amides is 2. The first-order valence-corrected chi connectivity index (χ1v) is 7.15. The third kappa shape index (κ3) is 4.01. The highest BCUT2D eigenvalue weighted by Gasteiger charge is 2.28. The Bertz CT molecular complexity index is 542. The second-order valence-electron chi connectivity index (χ2n) is 5.58. The molecule has 5 nitrogen and oxygen atoms in total. The molecule has 1 aromatic carbocycles. The summed E-state index contributed by atoms with van der Waals surface area (Å²) in [5, 5.41) is 1.26. The molecule has 2 amide bonds. The lowest BCUT2D eigenvalue weighted by molar-refractivity contribution is -0.122. The van der Waals surface area contributed by atoms with Gasteiger partial charge in [-0.3, -0.25) is 15.0 Å². The number of hydrazine groups is 1. The molecule has 1 aliphatic rings. The second-order valence-corrected chi connectivity index (χ2v) is 6.73. The van der Waals surface area contributed by atoms with Crippen LogP contribution in [-0.4, -0.2) is 30.1 Å². The average molecular weight is 305 g/mol. The van der Waals surface area contributed by atoms with E-state index in [0.29, 0.717) is 5.69 Å². The molecular formula is C14H18BN2O3S. The van der Waals surface area contributed by atoms with Gasteiger partial charge in [-0.05, 0) is 32.9 Å². The largest absolute Gasteiger partial charge is 0.430 e. The van der Waals surface area contributed by atoms with E-state index in [4.69, 9.17) is 4.65 Å². The number of anilines is 1. The first-order chi connectivity index (χ1) is 9.77. The van der Waals surface area contributed by atoms with Gasteiger partial charge in [0.15, 0.2) is 0 Å². The van der Waals surface area contributed by atoms with Crippen LogP contribution in [0.4, 0.5) is 5.69 Å². The fraction of sp³-hybridized carbons (Fsp3) is 0.429. The van der Waals surface area contributed by atoms with Crippen molar-refractivity contribution in [3.63, 3.8) is 0 Å². The Labute approximate surface area is 130 Å². The Kier molecular flexibility index (Phi) is 4.63. The molecule has 7 heteroatoms. The van der Waals surface area contributed by atoms with Crippen molar-refractivity contribution >= 4 is 43.1 Å². The smallest absolute Gasteiger partial charge is 0.330 e. The number of nitrogens with zero attached hydrogens (tertiary/aromatic N) is 1. The van der Waals surface area contributed by atoms with Crippen LogP contribution in [0.15, 0.2) is 24.3 Å². The van der Waals surface area contributed by atoms with Gasteiger partial charge in [0.25, 0.3) is 5.91 Å². The molecule has 1 radical (unpaired) electrons. The lowest BCUT2D eigenvalue weighted by atomic mass is 9.87. The molecular weight excluding hydrogens is 287 g/mol. The standard InChI is InChI=1S/C14H18BN2O3S/c1-9(14(2,3)21)20-15-10-4-6-11(7-5-10)17-13(19)8-12(18)16-17/h4-7,9,21H,8H2,1-3H3,(H,16,18). The zero-order chi connectivity index (χ0) is 15.6. The van der Waals surface area contributed by atoms with Crippen molar-refractivity contribution in [3.8, 4) is 0 Å². The van der Waals surface area contributed by atoms with Crippen LogP contribution in [0.3, 0.4) is 0 Å². The minimum Gasteiger partial charge on any atom is -0.430 e. The van der Waals surface area contributed by atoms with E-state index in [2.05, 4.69) is 18.1 Å². The molecule has 21 heavy (non-hydrogen) atoms. The fourth-order valence-corrected chi connectivity index (χ4v) is 1.76. The van der Waals surface area contributed by atoms with Gasteiger partial charge in [0, 0.05) is 4.75 Å². The Hall–Kier alpha value is -1.47. The lowest BCUT2D eigenvalue weighted by Crippen LogP contribution is -2.36. The quantitative estimate of drug-likeness (QED) is 0.481. The highest BCUT2D eigenvalue weighted by atomic mass is 32.1. The molecule has 1 aromatic rings. The molecule has 1 atom stereocenters. The van der Waals surface area contributed by atoms with Crippen molar-refractivity contribution in [2.75, 3.05) is 5.01 Å². The number of carbonyl (C=O) groups excluding carboxylic acids is 2. The van der Waals surface area contributed by atoms with Gasteiger partial charge in [-0.15, -0.1) is 0 Å². The van der Waals surface area contributed by atoms with Gasteiger partial charge in [0.2, 0.25) is 5.91 Å². The van der Waals surface area contributed by atoms with Crippen LogP contribution < -0.4 is 15.9 Å². The summed E-state index contributed by atoms with van der Waals surface area (Å²) in [5.41, 5.74) is 4.01. The van der Waals surface area contributed by atoms with E-state index in [0.717, 1.165) is 5.46 Å². The van der Waals surface area contributed by atoms with Gasteiger partial charge >= 0.3 is 7.48 Å². The lowest BCUT2D eigenvalue weighted by Gasteiger charge is -2.26. The van der Waals surface area contributed by atoms with Crippen molar-refractivity contribution in [2.24, 2.45) is 0 Å². The van der Waals surface area contributed by atoms with Crippen molar-refractivity contribution in [1.29, 1.82) is 0 Å². The average Bonchev–Trinajstić information content (AvgIpc) is 2.74. The van der Waals surface area contributed by atoms with Crippen LogP contribution >= 0.6 is 12.6 Å². The summed E-state index contributed by atoms with van der Waals surface area (Å²) in [4.78, 5) is 22.8. The zero-order valence-corrected chi connectivity index (χ0v) is 13.2. The predicted octanol–water partition coefficient (Wildman–Crippen LogP) is 0.812. The number of carbonyl (C=O) groups is 2. The molecule has 2 rings (SSSR count). The van der Waals surface area contributed by atoms with E-state index >= 15 is 0 Å². The highest BCUT2D eigenvalue weighted by molar-refractivity contribution is 7.81. The number of thiol groups is 1. The molecule has 0 aromatic heterocycles. The number of rotatable bonds is 5. The fourth-order valence-electron chi connectivity index (χ4n) is 1.70. The van der Waals surface area contributed by atoms with Crippen LogP contribution in [0.25, 0.3) is 0 Å². The minimum atomic E-state index is -0.288. The van der Waals surface area contributed by atoms with E-state index in [1.54, 1.807) is 19.6 Å². The van der Waals surface area contributed by atoms with Gasteiger partial charge in [0.1, 0.15) is 6.42 Å². The Balaban J connectivity index is 1.97. The second kappa shape index (κ2) is 6.11. The third-order valence-corrected chi connectivity index (χ3v) is 3.72. The maximum atomic E-state index is 11.6. The first kappa shape index (κ1) is 15.9. The van der Waals surface area contributed by atoms with Crippen molar-refractivity contribution in [3.05, 3.63) is 24.3 Å². The molecule has 1 fully saturated rings. The number of hydrogen-bond donors (Lipinski definition) is 2. The Morgan fingerprint density at radius 3 is 2.43 bits per heavy atom. The summed E-state index contributed by atoms with van der Waals surface area (Å²) in [6.45, 7) is 5.93. The van der Waals surface area contributed by atoms with Gasteiger partial charge in [0.05, 0.1) is 11.8 Å². The third-order valence-electron chi connectivity index (χ3n) is 3.35. The normalized spacial score (nSPS) is 16.9. The topological polar surface area (TPSA) is 58.6 Å². The van der Waals surface area contributed by atoms with Crippen molar-refractivity contribution < 1.29 is 14.2 Å². The van der Waals surface area contributed by atoms with E-state index in [9.17, 15) is 9.59 Å². The monoisotopic (exact) mass is 305 g/mol. The maximum absolute atomic E-state index is 11.6. The summed E-state index contributed by atoms with van der Waals surface area (Å²) >= 11 is 4.46. The van der Waals surface area contributed by atoms with Gasteiger partial charge in [-0.25, -0.2) is 5.01 Å². The van der Waals surface area contributed by atoms with Crippen molar-refractivity contribution in [2.45, 2.75) is 38.0 Å². The zero-order valence-electron chi connectivity index (χ0n) is 12.3. The van der Waals surface area contributed by atoms with E-state index < -0.39 is 0 Å². The van der Waals surface area contributed by atoms with E-state index in [-0.39, 0.29) is 29.1 Å². The van der Waals surface area contributed by atoms with Crippen LogP contribution in [0.5, 0.6) is 0 Å². The minimum absolute atomic E-state index is 0.0417. The van der Waals surface area contributed by atoms with Crippen LogP contribution in [0, 0.1) is 0 Å². The molecule has 1 saturated heterocycles. The molecule has 0 spiro atoms. The molecule has 0 bridgehead atoms. The summed E-state index contributed by atoms with van der Waals surface area (Å²) < 4.78 is 5.41. The molecule has 111 valence electrons. The van der Waals surface area contributed by atoms with Gasteiger partial charge in [-0.1, -0.05) is 17.6 Å². The number of nitrogens with one attached hydrogen (secondary N) is 1. The van der Waals surface area contributed by atoms with Crippen LogP contribution in [0.2, 0.25) is 0 Å². The van der Waals surface area contributed by atoms with Crippen LogP contribution in [0.1, 0.15) is 27.2 Å². The molecule has 0 saturated carbocycles. The molecule has 1 aliphatic heterocycles. The Morgan fingerprint density at radius 1 is 1.33 bits per heavy atom. The first-order valence-electron chi connectivity index (χ1n) is 6.71.